The number of piperidine rings is 1. The van der Waals surface area contributed by atoms with E-state index < -0.39 is 10.0 Å². The molecule has 0 aromatic rings. The molecule has 0 aliphatic carbocycles. The zero-order valence-electron chi connectivity index (χ0n) is 11.1. The fourth-order valence-electron chi connectivity index (χ4n) is 2.69. The summed E-state index contributed by atoms with van der Waals surface area (Å²) in [5.74, 6) is 0.631. The van der Waals surface area contributed by atoms with Gasteiger partial charge in [0.2, 0.25) is 10.0 Å². The highest BCUT2D eigenvalue weighted by Crippen LogP contribution is 2.16. The Hall–Kier alpha value is -0.170. The Morgan fingerprint density at radius 1 is 1.28 bits per heavy atom. The number of nitrogens with zero attached hydrogens (tertiary/aromatic N) is 1. The highest BCUT2D eigenvalue weighted by Gasteiger charge is 2.25. The molecule has 2 aliphatic rings. The molecule has 1 atom stereocenters. The lowest BCUT2D eigenvalue weighted by Gasteiger charge is -2.32. The quantitative estimate of drug-likeness (QED) is 0.809. The number of rotatable bonds is 4. The second-order valence-electron chi connectivity index (χ2n) is 5.43. The normalized spacial score (nSPS) is 28.4. The van der Waals surface area contributed by atoms with E-state index in [0.717, 1.165) is 32.6 Å². The Labute approximate surface area is 110 Å². The predicted octanol–water partition coefficient (Wildman–Crippen LogP) is 0.427. The maximum absolute atomic E-state index is 11.4. The molecule has 1 N–H and O–H groups in total. The van der Waals surface area contributed by atoms with E-state index >= 15 is 0 Å². The van der Waals surface area contributed by atoms with Gasteiger partial charge in [-0.3, -0.25) is 0 Å². The summed E-state index contributed by atoms with van der Waals surface area (Å²) in [4.78, 5) is 0. The molecule has 0 aromatic heterocycles. The van der Waals surface area contributed by atoms with Crippen molar-refractivity contribution in [1.82, 2.24) is 9.62 Å². The van der Waals surface area contributed by atoms with E-state index in [9.17, 15) is 8.42 Å². The van der Waals surface area contributed by atoms with Crippen molar-refractivity contribution in [2.45, 2.75) is 31.7 Å². The van der Waals surface area contributed by atoms with Gasteiger partial charge in [-0.05, 0) is 31.6 Å². The van der Waals surface area contributed by atoms with E-state index in [1.807, 2.05) is 0 Å². The molecule has 0 radical (unpaired) electrons. The monoisotopic (exact) mass is 276 g/mol. The van der Waals surface area contributed by atoms with Gasteiger partial charge in [0, 0.05) is 32.3 Å². The molecule has 0 saturated carbocycles. The van der Waals surface area contributed by atoms with E-state index in [-0.39, 0.29) is 0 Å². The second kappa shape index (κ2) is 6.32. The lowest BCUT2D eigenvalue weighted by molar-refractivity contribution is 0.0531. The van der Waals surface area contributed by atoms with Crippen LogP contribution in [-0.2, 0) is 14.8 Å². The molecule has 2 fully saturated rings. The van der Waals surface area contributed by atoms with Gasteiger partial charge in [-0.15, -0.1) is 0 Å². The summed E-state index contributed by atoms with van der Waals surface area (Å²) in [6.07, 6.45) is 5.54. The van der Waals surface area contributed by atoms with Gasteiger partial charge in [0.15, 0.2) is 0 Å². The summed E-state index contributed by atoms with van der Waals surface area (Å²) in [5.41, 5.74) is 0. The Morgan fingerprint density at radius 2 is 2.00 bits per heavy atom. The highest BCUT2D eigenvalue weighted by molar-refractivity contribution is 7.88. The van der Waals surface area contributed by atoms with Gasteiger partial charge in [0.1, 0.15) is 0 Å². The summed E-state index contributed by atoms with van der Waals surface area (Å²) in [7, 11) is -3.00. The predicted molar refractivity (Wildman–Crippen MR) is 71.0 cm³/mol. The van der Waals surface area contributed by atoms with Gasteiger partial charge in [0.25, 0.3) is 0 Å². The van der Waals surface area contributed by atoms with Crippen LogP contribution in [0.2, 0.25) is 0 Å². The molecule has 6 heteroatoms. The van der Waals surface area contributed by atoms with Crippen LogP contribution in [0.15, 0.2) is 0 Å². The summed E-state index contributed by atoms with van der Waals surface area (Å²) < 4.78 is 29.8. The minimum absolute atomic E-state index is 0.463. The molecule has 0 spiro atoms. The van der Waals surface area contributed by atoms with Crippen molar-refractivity contribution in [2.24, 2.45) is 5.92 Å². The third kappa shape index (κ3) is 4.19. The Bertz CT molecular complexity index is 344. The van der Waals surface area contributed by atoms with E-state index in [4.69, 9.17) is 4.74 Å². The van der Waals surface area contributed by atoms with Crippen LogP contribution < -0.4 is 5.32 Å². The van der Waals surface area contributed by atoms with Crippen molar-refractivity contribution in [2.75, 3.05) is 39.1 Å². The van der Waals surface area contributed by atoms with Crippen molar-refractivity contribution in [3.8, 4) is 0 Å². The Kier molecular flexibility index (Phi) is 5.00. The van der Waals surface area contributed by atoms with E-state index in [1.54, 1.807) is 4.31 Å². The minimum atomic E-state index is -3.00. The molecule has 0 amide bonds. The van der Waals surface area contributed by atoms with Gasteiger partial charge in [0.05, 0.1) is 12.9 Å². The van der Waals surface area contributed by atoms with Gasteiger partial charge in [-0.2, -0.15) is 0 Å². The molecule has 2 heterocycles. The molecule has 5 nitrogen and oxygen atoms in total. The molecule has 2 saturated heterocycles. The molecular formula is C12H24N2O3S. The van der Waals surface area contributed by atoms with Crippen LogP contribution in [0.25, 0.3) is 0 Å². The third-order valence-electron chi connectivity index (χ3n) is 3.87. The van der Waals surface area contributed by atoms with E-state index in [0.29, 0.717) is 25.0 Å². The standard InChI is InChI=1S/C12H24N2O3S/c1-18(15,16)14-6-4-12(5-7-14)13-9-11-3-2-8-17-10-11/h11-13H,2-10H2,1H3. The van der Waals surface area contributed by atoms with Crippen molar-refractivity contribution < 1.29 is 13.2 Å². The van der Waals surface area contributed by atoms with Crippen molar-refractivity contribution in [1.29, 1.82) is 0 Å². The summed E-state index contributed by atoms with van der Waals surface area (Å²) in [6.45, 7) is 4.08. The van der Waals surface area contributed by atoms with Crippen LogP contribution >= 0.6 is 0 Å². The number of nitrogens with one attached hydrogen (secondary N) is 1. The SMILES string of the molecule is CS(=O)(=O)N1CCC(NCC2CCCOC2)CC1. The first-order valence-electron chi connectivity index (χ1n) is 6.82. The average Bonchev–Trinajstić information content (AvgIpc) is 2.37. The minimum Gasteiger partial charge on any atom is -0.381 e. The molecule has 2 aliphatic heterocycles. The molecule has 2 rings (SSSR count). The number of ether oxygens (including phenoxy) is 1. The summed E-state index contributed by atoms with van der Waals surface area (Å²) >= 11 is 0. The topological polar surface area (TPSA) is 58.6 Å². The highest BCUT2D eigenvalue weighted by atomic mass is 32.2. The maximum Gasteiger partial charge on any atom is 0.211 e. The van der Waals surface area contributed by atoms with Gasteiger partial charge in [-0.1, -0.05) is 0 Å². The van der Waals surface area contributed by atoms with Crippen LogP contribution in [0.5, 0.6) is 0 Å². The van der Waals surface area contributed by atoms with E-state index in [1.165, 1.54) is 19.1 Å². The second-order valence-corrected chi connectivity index (χ2v) is 7.41. The fourth-order valence-corrected chi connectivity index (χ4v) is 3.57. The Morgan fingerprint density at radius 3 is 2.56 bits per heavy atom. The third-order valence-corrected chi connectivity index (χ3v) is 5.18. The molecule has 18 heavy (non-hydrogen) atoms. The van der Waals surface area contributed by atoms with Crippen molar-refractivity contribution in [3.05, 3.63) is 0 Å². The van der Waals surface area contributed by atoms with Crippen LogP contribution in [-0.4, -0.2) is 57.9 Å². The number of sulfonamides is 1. The summed E-state index contributed by atoms with van der Waals surface area (Å²) in [5, 5.41) is 3.56. The first-order chi connectivity index (χ1) is 8.55. The van der Waals surface area contributed by atoms with Crippen LogP contribution in [0.1, 0.15) is 25.7 Å². The lowest BCUT2D eigenvalue weighted by Crippen LogP contribution is -2.46. The first kappa shape index (κ1) is 14.2. The largest absolute Gasteiger partial charge is 0.381 e. The zero-order chi connectivity index (χ0) is 13.0. The average molecular weight is 276 g/mol. The van der Waals surface area contributed by atoms with Crippen LogP contribution in [0, 0.1) is 5.92 Å². The van der Waals surface area contributed by atoms with E-state index in [2.05, 4.69) is 5.32 Å². The molecule has 0 aromatic carbocycles. The molecule has 0 bridgehead atoms. The summed E-state index contributed by atoms with van der Waals surface area (Å²) in [6, 6.07) is 0.463. The molecular weight excluding hydrogens is 252 g/mol. The zero-order valence-corrected chi connectivity index (χ0v) is 11.9. The molecule has 1 unspecified atom stereocenters. The van der Waals surface area contributed by atoms with Crippen LogP contribution in [0.3, 0.4) is 0 Å². The van der Waals surface area contributed by atoms with Crippen molar-refractivity contribution in [3.63, 3.8) is 0 Å². The fraction of sp³-hybridized carbons (Fsp3) is 1.00. The van der Waals surface area contributed by atoms with Crippen molar-refractivity contribution >= 4 is 10.0 Å². The number of hydrogen-bond donors (Lipinski definition) is 1. The number of hydrogen-bond acceptors (Lipinski definition) is 4. The van der Waals surface area contributed by atoms with Gasteiger partial charge in [-0.25, -0.2) is 12.7 Å². The lowest BCUT2D eigenvalue weighted by atomic mass is 10.0. The Balaban J connectivity index is 1.67. The maximum atomic E-state index is 11.4. The smallest absolute Gasteiger partial charge is 0.211 e. The molecule has 106 valence electrons. The van der Waals surface area contributed by atoms with Crippen LogP contribution in [0.4, 0.5) is 0 Å². The van der Waals surface area contributed by atoms with Gasteiger partial charge < -0.3 is 10.1 Å². The van der Waals surface area contributed by atoms with Gasteiger partial charge >= 0.3 is 0 Å². The first-order valence-corrected chi connectivity index (χ1v) is 8.67.